The van der Waals surface area contributed by atoms with Gasteiger partial charge >= 0.3 is 0 Å². The van der Waals surface area contributed by atoms with Gasteiger partial charge in [-0.15, -0.1) is 0 Å². The third kappa shape index (κ3) is 3.93. The first-order valence-corrected chi connectivity index (χ1v) is 9.32. The molecule has 3 heteroatoms. The molecule has 2 atom stereocenters. The van der Waals surface area contributed by atoms with E-state index in [0.29, 0.717) is 12.0 Å². The summed E-state index contributed by atoms with van der Waals surface area (Å²) < 4.78 is 0. The van der Waals surface area contributed by atoms with Crippen LogP contribution in [0.25, 0.3) is 0 Å². The molecule has 130 valence electrons. The van der Waals surface area contributed by atoms with E-state index in [9.17, 15) is 4.79 Å². The molecule has 2 unspecified atom stereocenters. The average molecular weight is 334 g/mol. The minimum absolute atomic E-state index is 0.0376. The molecule has 0 bridgehead atoms. The molecule has 2 saturated carbocycles. The highest BCUT2D eigenvalue weighted by molar-refractivity contribution is 6.05. The van der Waals surface area contributed by atoms with Crippen molar-refractivity contribution in [3.63, 3.8) is 0 Å². The van der Waals surface area contributed by atoms with Gasteiger partial charge in [0, 0.05) is 23.2 Å². The summed E-state index contributed by atoms with van der Waals surface area (Å²) in [5.74, 6) is 1.54. The van der Waals surface area contributed by atoms with Crippen molar-refractivity contribution in [1.29, 1.82) is 0 Å². The van der Waals surface area contributed by atoms with Gasteiger partial charge in [0.15, 0.2) is 0 Å². The Morgan fingerprint density at radius 1 is 1.08 bits per heavy atom. The molecule has 0 radical (unpaired) electrons. The first kappa shape index (κ1) is 16.3. The van der Waals surface area contributed by atoms with Gasteiger partial charge in [-0.25, -0.2) is 0 Å². The van der Waals surface area contributed by atoms with Crippen LogP contribution >= 0.6 is 0 Å². The lowest BCUT2D eigenvalue weighted by atomic mass is 10.0. The summed E-state index contributed by atoms with van der Waals surface area (Å²) in [6.45, 7) is 5.17. The summed E-state index contributed by atoms with van der Waals surface area (Å²) in [5, 5.41) is 6.70. The molecular weight excluding hydrogens is 308 g/mol. The molecule has 4 rings (SSSR count). The van der Waals surface area contributed by atoms with Gasteiger partial charge < -0.3 is 10.6 Å². The van der Waals surface area contributed by atoms with Crippen LogP contribution in [0.1, 0.15) is 52.2 Å². The molecule has 0 spiro atoms. The third-order valence-corrected chi connectivity index (χ3v) is 5.39. The van der Waals surface area contributed by atoms with Crippen molar-refractivity contribution in [2.75, 3.05) is 11.9 Å². The minimum Gasteiger partial charge on any atom is -0.322 e. The molecule has 2 fully saturated rings. The fourth-order valence-corrected chi connectivity index (χ4v) is 3.42. The summed E-state index contributed by atoms with van der Waals surface area (Å²) in [4.78, 5) is 12.5. The van der Waals surface area contributed by atoms with Crippen molar-refractivity contribution in [2.24, 2.45) is 5.92 Å². The topological polar surface area (TPSA) is 41.1 Å². The highest BCUT2D eigenvalue weighted by Gasteiger charge is 2.38. The highest BCUT2D eigenvalue weighted by atomic mass is 16.1. The highest BCUT2D eigenvalue weighted by Crippen LogP contribution is 2.41. The maximum atomic E-state index is 12.5. The molecule has 0 heterocycles. The predicted octanol–water partition coefficient (Wildman–Crippen LogP) is 4.41. The SMILES string of the molecule is Cc1ccc(C)c(C(=O)Nc2ccc(C3CC3NCC3CC3)cc2)c1. The minimum atomic E-state index is -0.0376. The van der Waals surface area contributed by atoms with Crippen LogP contribution < -0.4 is 10.6 Å². The molecule has 1 amide bonds. The first-order chi connectivity index (χ1) is 12.1. The lowest BCUT2D eigenvalue weighted by Crippen LogP contribution is -2.20. The summed E-state index contributed by atoms with van der Waals surface area (Å²) >= 11 is 0. The quantitative estimate of drug-likeness (QED) is 0.821. The Bertz CT molecular complexity index is 777. The van der Waals surface area contributed by atoms with E-state index in [4.69, 9.17) is 0 Å². The lowest BCUT2D eigenvalue weighted by molar-refractivity contribution is 0.102. The molecule has 3 nitrogen and oxygen atoms in total. The molecule has 25 heavy (non-hydrogen) atoms. The third-order valence-electron chi connectivity index (χ3n) is 5.39. The Morgan fingerprint density at radius 2 is 1.84 bits per heavy atom. The van der Waals surface area contributed by atoms with Gasteiger partial charge in [0.1, 0.15) is 0 Å². The van der Waals surface area contributed by atoms with Gasteiger partial charge in [0.25, 0.3) is 5.91 Å². The van der Waals surface area contributed by atoms with Crippen LogP contribution in [0.15, 0.2) is 42.5 Å². The zero-order chi connectivity index (χ0) is 17.4. The number of anilines is 1. The largest absolute Gasteiger partial charge is 0.322 e. The second-order valence-corrected chi connectivity index (χ2v) is 7.69. The van der Waals surface area contributed by atoms with Crippen LogP contribution in [-0.2, 0) is 0 Å². The Hall–Kier alpha value is -2.13. The van der Waals surface area contributed by atoms with Gasteiger partial charge in [0.2, 0.25) is 0 Å². The van der Waals surface area contributed by atoms with E-state index >= 15 is 0 Å². The number of benzene rings is 2. The number of rotatable bonds is 6. The van der Waals surface area contributed by atoms with E-state index in [-0.39, 0.29) is 5.91 Å². The fourth-order valence-electron chi connectivity index (χ4n) is 3.42. The average Bonchev–Trinajstić information content (AvgIpc) is 3.50. The maximum Gasteiger partial charge on any atom is 0.255 e. The lowest BCUT2D eigenvalue weighted by Gasteiger charge is -2.09. The molecule has 2 aromatic rings. The van der Waals surface area contributed by atoms with Crippen molar-refractivity contribution in [1.82, 2.24) is 5.32 Å². The summed E-state index contributed by atoms with van der Waals surface area (Å²) in [6, 6.07) is 15.0. The zero-order valence-corrected chi connectivity index (χ0v) is 15.0. The van der Waals surface area contributed by atoms with E-state index in [1.165, 1.54) is 31.4 Å². The second-order valence-electron chi connectivity index (χ2n) is 7.69. The summed E-state index contributed by atoms with van der Waals surface area (Å²) in [5.41, 5.74) is 5.08. The summed E-state index contributed by atoms with van der Waals surface area (Å²) in [7, 11) is 0. The molecule has 2 aliphatic carbocycles. The Balaban J connectivity index is 1.36. The summed E-state index contributed by atoms with van der Waals surface area (Å²) in [6.07, 6.45) is 4.04. The number of carbonyl (C=O) groups is 1. The van der Waals surface area contributed by atoms with Crippen LogP contribution in [0.5, 0.6) is 0 Å². The van der Waals surface area contributed by atoms with E-state index in [0.717, 1.165) is 28.3 Å². The maximum absolute atomic E-state index is 12.5. The van der Waals surface area contributed by atoms with E-state index in [2.05, 4.69) is 22.8 Å². The first-order valence-electron chi connectivity index (χ1n) is 9.32. The van der Waals surface area contributed by atoms with E-state index in [1.807, 2.05) is 44.2 Å². The normalized spacial score (nSPS) is 21.8. The number of hydrogen-bond acceptors (Lipinski definition) is 2. The van der Waals surface area contributed by atoms with Gasteiger partial charge in [-0.05, 0) is 74.9 Å². The van der Waals surface area contributed by atoms with Crippen molar-refractivity contribution in [3.8, 4) is 0 Å². The van der Waals surface area contributed by atoms with E-state index < -0.39 is 0 Å². The second kappa shape index (κ2) is 6.64. The predicted molar refractivity (Wildman–Crippen MR) is 102 cm³/mol. The van der Waals surface area contributed by atoms with Crippen molar-refractivity contribution in [3.05, 3.63) is 64.7 Å². The number of hydrogen-bond donors (Lipinski definition) is 2. The number of carbonyl (C=O) groups excluding carboxylic acids is 1. The van der Waals surface area contributed by atoms with Crippen molar-refractivity contribution >= 4 is 11.6 Å². The number of nitrogens with one attached hydrogen (secondary N) is 2. The van der Waals surface area contributed by atoms with Crippen LogP contribution in [0.3, 0.4) is 0 Å². The molecule has 0 saturated heterocycles. The van der Waals surface area contributed by atoms with Gasteiger partial charge in [-0.3, -0.25) is 4.79 Å². The van der Waals surface area contributed by atoms with Crippen LogP contribution in [0.2, 0.25) is 0 Å². The van der Waals surface area contributed by atoms with Gasteiger partial charge in [-0.1, -0.05) is 29.8 Å². The Morgan fingerprint density at radius 3 is 2.56 bits per heavy atom. The molecule has 2 N–H and O–H groups in total. The van der Waals surface area contributed by atoms with E-state index in [1.54, 1.807) is 0 Å². The number of amides is 1. The molecule has 2 aromatic carbocycles. The standard InChI is InChI=1S/C22H26N2O/c1-14-3-4-15(2)19(11-14)22(25)24-18-9-7-17(8-10-18)20-12-21(20)23-13-16-5-6-16/h3-4,7-11,16,20-21,23H,5-6,12-13H2,1-2H3,(H,24,25). The van der Waals surface area contributed by atoms with Crippen LogP contribution in [-0.4, -0.2) is 18.5 Å². The van der Waals surface area contributed by atoms with Crippen LogP contribution in [0.4, 0.5) is 5.69 Å². The molecular formula is C22H26N2O. The Kier molecular flexibility index (Phi) is 4.34. The van der Waals surface area contributed by atoms with Crippen molar-refractivity contribution < 1.29 is 4.79 Å². The molecule has 0 aromatic heterocycles. The Labute approximate surface area is 149 Å². The molecule has 0 aliphatic heterocycles. The smallest absolute Gasteiger partial charge is 0.255 e. The van der Waals surface area contributed by atoms with Crippen molar-refractivity contribution in [2.45, 2.75) is 45.1 Å². The zero-order valence-electron chi connectivity index (χ0n) is 15.0. The van der Waals surface area contributed by atoms with Gasteiger partial charge in [0.05, 0.1) is 0 Å². The van der Waals surface area contributed by atoms with Crippen LogP contribution in [0, 0.1) is 19.8 Å². The molecule has 2 aliphatic rings. The number of aryl methyl sites for hydroxylation is 2. The fraction of sp³-hybridized carbons (Fsp3) is 0.409. The van der Waals surface area contributed by atoms with Gasteiger partial charge in [-0.2, -0.15) is 0 Å². The monoisotopic (exact) mass is 334 g/mol.